The smallest absolute Gasteiger partial charge is 0.250 e. The standard InChI is InChI=1S/C27H36O2Si/c1-18-16-21(25(28)22(17-18)26(2,3)4)24-20-13-11-10-12-19(20)14-15-23(24)29-30(8,9)27(5,6)7/h10-17,28H,1-9H3. The van der Waals surface area contributed by atoms with E-state index in [1.54, 1.807) is 0 Å². The van der Waals surface area contributed by atoms with E-state index in [1.807, 2.05) is 0 Å². The Hall–Kier alpha value is -2.26. The van der Waals surface area contributed by atoms with Gasteiger partial charge in [-0.05, 0) is 58.9 Å². The molecule has 0 saturated carbocycles. The number of aryl methyl sites for hydroxylation is 1. The molecule has 0 aromatic heterocycles. The number of aromatic hydroxyl groups is 1. The monoisotopic (exact) mass is 420 g/mol. The Kier molecular flexibility index (Phi) is 5.57. The van der Waals surface area contributed by atoms with Gasteiger partial charge in [0.15, 0.2) is 0 Å². The normalized spacial score (nSPS) is 13.0. The minimum absolute atomic E-state index is 0.0845. The summed E-state index contributed by atoms with van der Waals surface area (Å²) in [5.41, 5.74) is 3.79. The van der Waals surface area contributed by atoms with Crippen LogP contribution in [0.25, 0.3) is 21.9 Å². The second kappa shape index (κ2) is 7.46. The molecule has 2 nitrogen and oxygen atoms in total. The highest BCUT2D eigenvalue weighted by atomic mass is 28.4. The molecule has 0 aliphatic carbocycles. The largest absolute Gasteiger partial charge is 0.543 e. The summed E-state index contributed by atoms with van der Waals surface area (Å²) in [6.45, 7) is 19.8. The first kappa shape index (κ1) is 22.4. The first-order valence-corrected chi connectivity index (χ1v) is 13.7. The molecule has 0 aliphatic rings. The number of hydrogen-bond acceptors (Lipinski definition) is 2. The summed E-state index contributed by atoms with van der Waals surface area (Å²) in [6, 6.07) is 16.7. The lowest BCUT2D eigenvalue weighted by atomic mass is 9.82. The first-order chi connectivity index (χ1) is 13.7. The molecule has 0 amide bonds. The lowest BCUT2D eigenvalue weighted by Gasteiger charge is -2.37. The average Bonchev–Trinajstić information content (AvgIpc) is 2.61. The van der Waals surface area contributed by atoms with E-state index in [9.17, 15) is 5.11 Å². The second-order valence-corrected chi connectivity index (χ2v) is 15.7. The number of rotatable bonds is 3. The third kappa shape index (κ3) is 4.13. The van der Waals surface area contributed by atoms with E-state index in [2.05, 4.69) is 110 Å². The van der Waals surface area contributed by atoms with Gasteiger partial charge < -0.3 is 9.53 Å². The zero-order chi connectivity index (χ0) is 22.5. The fourth-order valence-corrected chi connectivity index (χ4v) is 4.61. The van der Waals surface area contributed by atoms with Gasteiger partial charge in [0, 0.05) is 16.7 Å². The Labute approximate surface area is 183 Å². The molecule has 0 saturated heterocycles. The van der Waals surface area contributed by atoms with E-state index >= 15 is 0 Å². The van der Waals surface area contributed by atoms with Gasteiger partial charge >= 0.3 is 0 Å². The molecule has 0 atom stereocenters. The summed E-state index contributed by atoms with van der Waals surface area (Å²) in [5.74, 6) is 1.21. The van der Waals surface area contributed by atoms with Crippen molar-refractivity contribution in [3.63, 3.8) is 0 Å². The summed E-state index contributed by atoms with van der Waals surface area (Å²) in [6.07, 6.45) is 0. The SMILES string of the molecule is Cc1cc(-c2c(O[Si](C)(C)C(C)(C)C)ccc3ccccc23)c(O)c(C(C)(C)C)c1. The average molecular weight is 421 g/mol. The molecule has 0 fully saturated rings. The summed E-state index contributed by atoms with van der Waals surface area (Å²) in [4.78, 5) is 0. The number of hydrogen-bond donors (Lipinski definition) is 1. The van der Waals surface area contributed by atoms with Gasteiger partial charge in [-0.2, -0.15) is 0 Å². The molecular formula is C27H36O2Si. The Morgan fingerprint density at radius 2 is 1.50 bits per heavy atom. The molecule has 3 aromatic carbocycles. The number of phenols is 1. The van der Waals surface area contributed by atoms with Gasteiger partial charge in [-0.25, -0.2) is 0 Å². The summed E-state index contributed by atoms with van der Waals surface area (Å²) < 4.78 is 6.81. The molecule has 3 aromatic rings. The van der Waals surface area contributed by atoms with Crippen molar-refractivity contribution in [2.75, 3.05) is 0 Å². The van der Waals surface area contributed by atoms with Gasteiger partial charge in [0.05, 0.1) is 0 Å². The highest BCUT2D eigenvalue weighted by Crippen LogP contribution is 2.47. The van der Waals surface area contributed by atoms with Crippen molar-refractivity contribution < 1.29 is 9.53 Å². The van der Waals surface area contributed by atoms with Crippen molar-refractivity contribution in [2.24, 2.45) is 0 Å². The molecule has 160 valence electrons. The van der Waals surface area contributed by atoms with Crippen LogP contribution in [0.15, 0.2) is 48.5 Å². The lowest BCUT2D eigenvalue weighted by molar-refractivity contribution is 0.447. The molecule has 0 unspecified atom stereocenters. The van der Waals surface area contributed by atoms with E-state index < -0.39 is 8.32 Å². The molecule has 0 radical (unpaired) electrons. The predicted octanol–water partition coefficient (Wildman–Crippen LogP) is 8.20. The van der Waals surface area contributed by atoms with E-state index in [1.165, 1.54) is 0 Å². The zero-order valence-corrected chi connectivity index (χ0v) is 21.0. The summed E-state index contributed by atoms with van der Waals surface area (Å²) in [7, 11) is -2.06. The Morgan fingerprint density at radius 1 is 0.867 bits per heavy atom. The molecule has 0 heterocycles. The molecule has 0 spiro atoms. The summed E-state index contributed by atoms with van der Waals surface area (Å²) in [5, 5.41) is 13.7. The van der Waals surface area contributed by atoms with Gasteiger partial charge in [-0.1, -0.05) is 77.9 Å². The fraction of sp³-hybridized carbons (Fsp3) is 0.407. The van der Waals surface area contributed by atoms with Crippen LogP contribution in [0.2, 0.25) is 18.1 Å². The predicted molar refractivity (Wildman–Crippen MR) is 132 cm³/mol. The van der Waals surface area contributed by atoms with E-state index in [0.717, 1.165) is 38.8 Å². The first-order valence-electron chi connectivity index (χ1n) is 10.8. The van der Waals surface area contributed by atoms with Crippen LogP contribution in [0.4, 0.5) is 0 Å². The number of benzene rings is 3. The van der Waals surface area contributed by atoms with Crippen molar-refractivity contribution in [3.05, 3.63) is 59.7 Å². The third-order valence-corrected chi connectivity index (χ3v) is 10.7. The molecule has 0 bridgehead atoms. The van der Waals surface area contributed by atoms with E-state index in [-0.39, 0.29) is 10.5 Å². The van der Waals surface area contributed by atoms with Crippen molar-refractivity contribution >= 4 is 19.1 Å². The van der Waals surface area contributed by atoms with Crippen molar-refractivity contribution in [2.45, 2.75) is 72.0 Å². The topological polar surface area (TPSA) is 29.5 Å². The van der Waals surface area contributed by atoms with Gasteiger partial charge in [-0.3, -0.25) is 0 Å². The van der Waals surface area contributed by atoms with Crippen LogP contribution in [0.1, 0.15) is 52.7 Å². The molecule has 3 rings (SSSR count). The molecule has 0 aliphatic heterocycles. The van der Waals surface area contributed by atoms with Crippen LogP contribution >= 0.6 is 0 Å². The number of phenolic OH excluding ortho intramolecular Hbond substituents is 1. The van der Waals surface area contributed by atoms with Crippen LogP contribution in [0.5, 0.6) is 11.5 Å². The van der Waals surface area contributed by atoms with Gasteiger partial charge in [0.2, 0.25) is 0 Å². The van der Waals surface area contributed by atoms with Crippen molar-refractivity contribution in [1.29, 1.82) is 0 Å². The quantitative estimate of drug-likeness (QED) is 0.433. The maximum absolute atomic E-state index is 11.4. The van der Waals surface area contributed by atoms with Crippen molar-refractivity contribution in [1.82, 2.24) is 0 Å². The van der Waals surface area contributed by atoms with E-state index in [4.69, 9.17) is 4.43 Å². The van der Waals surface area contributed by atoms with Crippen LogP contribution in [-0.2, 0) is 5.41 Å². The van der Waals surface area contributed by atoms with Gasteiger partial charge in [-0.15, -0.1) is 0 Å². The third-order valence-electron chi connectivity index (χ3n) is 6.39. The van der Waals surface area contributed by atoms with Crippen molar-refractivity contribution in [3.8, 4) is 22.6 Å². The number of fused-ring (bicyclic) bond motifs is 1. The Balaban J connectivity index is 2.37. The van der Waals surface area contributed by atoms with E-state index in [0.29, 0.717) is 5.75 Å². The van der Waals surface area contributed by atoms with Crippen LogP contribution in [0, 0.1) is 6.92 Å². The molecule has 30 heavy (non-hydrogen) atoms. The van der Waals surface area contributed by atoms with Crippen LogP contribution < -0.4 is 4.43 Å². The minimum atomic E-state index is -2.06. The zero-order valence-electron chi connectivity index (χ0n) is 20.0. The highest BCUT2D eigenvalue weighted by Gasteiger charge is 2.39. The maximum atomic E-state index is 11.4. The maximum Gasteiger partial charge on any atom is 0.250 e. The fourth-order valence-electron chi connectivity index (χ4n) is 3.58. The van der Waals surface area contributed by atoms with Gasteiger partial charge in [0.1, 0.15) is 11.5 Å². The lowest BCUT2D eigenvalue weighted by Crippen LogP contribution is -2.44. The Bertz CT molecular complexity index is 1080. The molecule has 1 N–H and O–H groups in total. The van der Waals surface area contributed by atoms with Gasteiger partial charge in [0.25, 0.3) is 8.32 Å². The minimum Gasteiger partial charge on any atom is -0.543 e. The van der Waals surface area contributed by atoms with Crippen LogP contribution in [-0.4, -0.2) is 13.4 Å². The second-order valence-electron chi connectivity index (χ2n) is 11.0. The van der Waals surface area contributed by atoms with Crippen LogP contribution in [0.3, 0.4) is 0 Å². The highest BCUT2D eigenvalue weighted by molar-refractivity contribution is 6.74. The molecular weight excluding hydrogens is 384 g/mol. The molecule has 3 heteroatoms. The Morgan fingerprint density at radius 3 is 2.10 bits per heavy atom. The summed E-state index contributed by atoms with van der Waals surface area (Å²) >= 11 is 0.